The number of amides is 1. The van der Waals surface area contributed by atoms with Gasteiger partial charge in [-0.25, -0.2) is 0 Å². The summed E-state index contributed by atoms with van der Waals surface area (Å²) in [5.74, 6) is 0.410. The second-order valence-electron chi connectivity index (χ2n) is 5.76. The van der Waals surface area contributed by atoms with E-state index in [4.69, 9.17) is 0 Å². The molecule has 4 nitrogen and oxygen atoms in total. The van der Waals surface area contributed by atoms with Gasteiger partial charge in [-0.15, -0.1) is 0 Å². The predicted octanol–water partition coefficient (Wildman–Crippen LogP) is 1.41. The molecule has 0 radical (unpaired) electrons. The maximum absolute atomic E-state index is 12.1. The first-order valence-corrected chi connectivity index (χ1v) is 7.12. The van der Waals surface area contributed by atoms with Crippen LogP contribution in [0.2, 0.25) is 0 Å². The van der Waals surface area contributed by atoms with Gasteiger partial charge in [0.1, 0.15) is 6.29 Å². The Morgan fingerprint density at radius 3 is 2.17 bits per heavy atom. The number of nitrogens with one attached hydrogen (secondary N) is 1. The molecule has 0 heterocycles. The van der Waals surface area contributed by atoms with Crippen LogP contribution in [0, 0.1) is 11.8 Å². The smallest absolute Gasteiger partial charge is 0.223 e. The van der Waals surface area contributed by atoms with Crippen molar-refractivity contribution in [2.45, 2.75) is 63.5 Å². The lowest BCUT2D eigenvalue weighted by atomic mass is 9.82. The summed E-state index contributed by atoms with van der Waals surface area (Å²) in [6.45, 7) is 0. The van der Waals surface area contributed by atoms with Crippen molar-refractivity contribution in [3.8, 4) is 0 Å². The van der Waals surface area contributed by atoms with E-state index < -0.39 is 0 Å². The summed E-state index contributed by atoms with van der Waals surface area (Å²) < 4.78 is 0. The van der Waals surface area contributed by atoms with E-state index in [0.717, 1.165) is 57.7 Å². The van der Waals surface area contributed by atoms with Crippen molar-refractivity contribution in [3.05, 3.63) is 0 Å². The molecule has 0 saturated heterocycles. The lowest BCUT2D eigenvalue weighted by Gasteiger charge is -2.30. The molecule has 2 aliphatic carbocycles. The molecule has 0 bridgehead atoms. The number of aliphatic hydroxyl groups is 1. The van der Waals surface area contributed by atoms with Crippen molar-refractivity contribution in [1.82, 2.24) is 5.32 Å². The largest absolute Gasteiger partial charge is 0.393 e. The molecule has 4 heteroatoms. The molecular weight excluding hydrogens is 230 g/mol. The average molecular weight is 253 g/mol. The second kappa shape index (κ2) is 6.32. The number of hydrogen-bond acceptors (Lipinski definition) is 3. The third kappa shape index (κ3) is 3.55. The Labute approximate surface area is 108 Å². The molecule has 0 aromatic carbocycles. The van der Waals surface area contributed by atoms with Gasteiger partial charge in [0.25, 0.3) is 0 Å². The van der Waals surface area contributed by atoms with Gasteiger partial charge >= 0.3 is 0 Å². The highest BCUT2D eigenvalue weighted by Crippen LogP contribution is 2.28. The molecule has 0 spiro atoms. The molecule has 0 aromatic rings. The Balaban J connectivity index is 1.73. The van der Waals surface area contributed by atoms with Gasteiger partial charge in [0.2, 0.25) is 5.91 Å². The van der Waals surface area contributed by atoms with Crippen LogP contribution in [0.15, 0.2) is 0 Å². The summed E-state index contributed by atoms with van der Waals surface area (Å²) >= 11 is 0. The normalized spacial score (nSPS) is 36.9. The van der Waals surface area contributed by atoms with Crippen molar-refractivity contribution in [1.29, 1.82) is 0 Å². The lowest BCUT2D eigenvalue weighted by Crippen LogP contribution is -2.42. The standard InChI is InChI=1S/C14H23NO3/c16-9-10-1-3-11(4-2-10)14(18)15-12-5-7-13(17)8-6-12/h9-13,17H,1-8H2,(H,15,18). The quantitative estimate of drug-likeness (QED) is 0.747. The van der Waals surface area contributed by atoms with E-state index in [2.05, 4.69) is 5.32 Å². The molecule has 0 aromatic heterocycles. The fourth-order valence-electron chi connectivity index (χ4n) is 3.06. The van der Waals surface area contributed by atoms with Crippen LogP contribution >= 0.6 is 0 Å². The van der Waals surface area contributed by atoms with Gasteiger partial charge < -0.3 is 15.2 Å². The van der Waals surface area contributed by atoms with Crippen LogP contribution in [0.5, 0.6) is 0 Å². The van der Waals surface area contributed by atoms with Crippen LogP contribution in [0.3, 0.4) is 0 Å². The average Bonchev–Trinajstić information content (AvgIpc) is 2.41. The molecule has 1 amide bonds. The number of aliphatic hydroxyl groups excluding tert-OH is 1. The first-order valence-electron chi connectivity index (χ1n) is 7.12. The van der Waals surface area contributed by atoms with Crippen LogP contribution in [0.1, 0.15) is 51.4 Å². The number of carbonyl (C=O) groups is 2. The van der Waals surface area contributed by atoms with E-state index in [-0.39, 0.29) is 29.9 Å². The third-order valence-electron chi connectivity index (χ3n) is 4.38. The lowest BCUT2D eigenvalue weighted by molar-refractivity contribution is -0.128. The van der Waals surface area contributed by atoms with Crippen molar-refractivity contribution >= 4 is 12.2 Å². The summed E-state index contributed by atoms with van der Waals surface area (Å²) in [7, 11) is 0. The summed E-state index contributed by atoms with van der Waals surface area (Å²) in [5.41, 5.74) is 0. The molecule has 0 unspecified atom stereocenters. The van der Waals surface area contributed by atoms with Crippen molar-refractivity contribution in [2.75, 3.05) is 0 Å². The molecule has 0 atom stereocenters. The Morgan fingerprint density at radius 2 is 1.61 bits per heavy atom. The summed E-state index contributed by atoms with van der Waals surface area (Å²) in [5, 5.41) is 12.5. The summed E-state index contributed by atoms with van der Waals surface area (Å²) in [6, 6.07) is 0.240. The molecule has 102 valence electrons. The summed E-state index contributed by atoms with van der Waals surface area (Å²) in [4.78, 5) is 22.7. The number of hydrogen-bond donors (Lipinski definition) is 2. The molecule has 2 saturated carbocycles. The van der Waals surface area contributed by atoms with Crippen LogP contribution in [0.4, 0.5) is 0 Å². The van der Waals surface area contributed by atoms with Crippen LogP contribution in [-0.4, -0.2) is 29.4 Å². The number of carbonyl (C=O) groups excluding carboxylic acids is 2. The second-order valence-corrected chi connectivity index (χ2v) is 5.76. The van der Waals surface area contributed by atoms with Gasteiger partial charge in [-0.2, -0.15) is 0 Å². The SMILES string of the molecule is O=CC1CCC(C(=O)NC2CCC(O)CC2)CC1. The monoisotopic (exact) mass is 253 g/mol. The Morgan fingerprint density at radius 1 is 1.00 bits per heavy atom. The molecule has 2 aliphatic rings. The van der Waals surface area contributed by atoms with Crippen LogP contribution < -0.4 is 5.32 Å². The van der Waals surface area contributed by atoms with Gasteiger partial charge in [-0.3, -0.25) is 4.79 Å². The highest BCUT2D eigenvalue weighted by Gasteiger charge is 2.28. The minimum absolute atomic E-state index is 0.0908. The maximum atomic E-state index is 12.1. The van der Waals surface area contributed by atoms with E-state index in [9.17, 15) is 14.7 Å². The predicted molar refractivity (Wildman–Crippen MR) is 67.9 cm³/mol. The highest BCUT2D eigenvalue weighted by molar-refractivity contribution is 5.79. The van der Waals surface area contributed by atoms with Crippen LogP contribution in [-0.2, 0) is 9.59 Å². The highest BCUT2D eigenvalue weighted by atomic mass is 16.3. The van der Waals surface area contributed by atoms with Gasteiger partial charge in [0.05, 0.1) is 6.10 Å². The van der Waals surface area contributed by atoms with Gasteiger partial charge in [0, 0.05) is 17.9 Å². The zero-order valence-electron chi connectivity index (χ0n) is 10.8. The zero-order chi connectivity index (χ0) is 13.0. The number of rotatable bonds is 3. The minimum atomic E-state index is -0.179. The van der Waals surface area contributed by atoms with Gasteiger partial charge in [-0.05, 0) is 51.4 Å². The minimum Gasteiger partial charge on any atom is -0.393 e. The molecule has 0 aliphatic heterocycles. The Kier molecular flexibility index (Phi) is 4.75. The van der Waals surface area contributed by atoms with Gasteiger partial charge in [0.15, 0.2) is 0 Å². The fourth-order valence-corrected chi connectivity index (χ4v) is 3.06. The first kappa shape index (κ1) is 13.5. The van der Waals surface area contributed by atoms with Crippen molar-refractivity contribution in [3.63, 3.8) is 0 Å². The van der Waals surface area contributed by atoms with Gasteiger partial charge in [-0.1, -0.05) is 0 Å². The fraction of sp³-hybridized carbons (Fsp3) is 0.857. The van der Waals surface area contributed by atoms with E-state index in [0.29, 0.717) is 0 Å². The summed E-state index contributed by atoms with van der Waals surface area (Å²) in [6.07, 6.45) is 7.59. The van der Waals surface area contributed by atoms with E-state index in [1.54, 1.807) is 0 Å². The van der Waals surface area contributed by atoms with E-state index in [1.165, 1.54) is 0 Å². The molecule has 2 N–H and O–H groups in total. The zero-order valence-corrected chi connectivity index (χ0v) is 10.8. The van der Waals surface area contributed by atoms with Crippen LogP contribution in [0.25, 0.3) is 0 Å². The maximum Gasteiger partial charge on any atom is 0.223 e. The Bertz CT molecular complexity index is 289. The van der Waals surface area contributed by atoms with Crippen molar-refractivity contribution < 1.29 is 14.7 Å². The Hall–Kier alpha value is -0.900. The van der Waals surface area contributed by atoms with Crippen molar-refractivity contribution in [2.24, 2.45) is 11.8 Å². The molecule has 2 fully saturated rings. The third-order valence-corrected chi connectivity index (χ3v) is 4.38. The van der Waals surface area contributed by atoms with E-state index in [1.807, 2.05) is 0 Å². The first-order chi connectivity index (χ1) is 8.69. The number of aldehydes is 1. The molecule has 2 rings (SSSR count). The topological polar surface area (TPSA) is 66.4 Å². The molecule has 18 heavy (non-hydrogen) atoms. The molecular formula is C14H23NO3. The van der Waals surface area contributed by atoms with E-state index >= 15 is 0 Å².